The molecule has 232 valence electrons. The predicted octanol–water partition coefficient (Wildman–Crippen LogP) is 3.71. The van der Waals surface area contributed by atoms with Crippen molar-refractivity contribution in [2.75, 3.05) is 18.4 Å². The van der Waals surface area contributed by atoms with Crippen molar-refractivity contribution in [1.29, 1.82) is 0 Å². The second kappa shape index (κ2) is 13.8. The van der Waals surface area contributed by atoms with E-state index in [9.17, 15) is 32.3 Å². The van der Waals surface area contributed by atoms with Crippen LogP contribution in [0.15, 0.2) is 42.5 Å². The van der Waals surface area contributed by atoms with E-state index in [1.807, 2.05) is 18.2 Å². The van der Waals surface area contributed by atoms with Crippen molar-refractivity contribution in [3.05, 3.63) is 64.2 Å². The first-order valence-electron chi connectivity index (χ1n) is 14.2. The molecule has 2 heterocycles. The van der Waals surface area contributed by atoms with E-state index < -0.39 is 54.4 Å². The van der Waals surface area contributed by atoms with Crippen LogP contribution in [0.1, 0.15) is 48.8 Å². The molecule has 0 saturated carbocycles. The zero-order valence-electron chi connectivity index (χ0n) is 23.8. The number of likely N-dealkylation sites (tertiary alicyclic amines) is 1. The van der Waals surface area contributed by atoms with E-state index >= 15 is 0 Å². The third-order valence-electron chi connectivity index (χ3n) is 7.89. The molecule has 0 bridgehead atoms. The predicted molar refractivity (Wildman–Crippen MR) is 155 cm³/mol. The molecule has 3 atom stereocenters. The molecule has 1 saturated heterocycles. The summed E-state index contributed by atoms with van der Waals surface area (Å²) in [7, 11) is 0. The number of nitrogens with two attached hydrogens (primary N) is 1. The van der Waals surface area contributed by atoms with Crippen LogP contribution in [0.4, 0.5) is 18.9 Å². The van der Waals surface area contributed by atoms with Crippen molar-refractivity contribution in [3.63, 3.8) is 0 Å². The summed E-state index contributed by atoms with van der Waals surface area (Å²) in [5.41, 5.74) is 8.65. The summed E-state index contributed by atoms with van der Waals surface area (Å²) in [6.07, 6.45) is -4.92. The Bertz CT molecular complexity index is 1370. The number of fused-ring (bicyclic) bond motifs is 1. The fourth-order valence-electron chi connectivity index (χ4n) is 5.58. The molecule has 13 heteroatoms. The van der Waals surface area contributed by atoms with Gasteiger partial charge in [-0.15, -0.1) is 0 Å². The second-order valence-corrected chi connectivity index (χ2v) is 11.3. The summed E-state index contributed by atoms with van der Waals surface area (Å²) in [6.45, 7) is 1.95. The summed E-state index contributed by atoms with van der Waals surface area (Å²) in [5.74, 6) is -2.36. The number of benzene rings is 2. The molecule has 4 rings (SSSR count). The van der Waals surface area contributed by atoms with Crippen LogP contribution in [0, 0.1) is 6.92 Å². The molecule has 0 aromatic heterocycles. The number of hydrogen-bond acceptors (Lipinski definition) is 5. The summed E-state index contributed by atoms with van der Waals surface area (Å²) >= 11 is 6.07. The minimum absolute atomic E-state index is 0.0144. The quantitative estimate of drug-likeness (QED) is 0.394. The van der Waals surface area contributed by atoms with Gasteiger partial charge >= 0.3 is 6.18 Å². The number of alkyl halides is 3. The summed E-state index contributed by atoms with van der Waals surface area (Å²) in [5, 5.41) is 6.02. The van der Waals surface area contributed by atoms with Crippen LogP contribution in [-0.4, -0.2) is 70.8 Å². The van der Waals surface area contributed by atoms with Crippen molar-refractivity contribution in [2.24, 2.45) is 5.73 Å². The van der Waals surface area contributed by atoms with Crippen LogP contribution in [0.5, 0.6) is 0 Å². The van der Waals surface area contributed by atoms with Crippen molar-refractivity contribution in [1.82, 2.24) is 15.1 Å². The van der Waals surface area contributed by atoms with Gasteiger partial charge in [0.25, 0.3) is 0 Å². The Hall–Kier alpha value is -3.64. The van der Waals surface area contributed by atoms with E-state index in [1.54, 1.807) is 31.2 Å². The van der Waals surface area contributed by atoms with E-state index in [1.165, 1.54) is 4.90 Å². The highest BCUT2D eigenvalue weighted by molar-refractivity contribution is 6.31. The number of nitrogens with zero attached hydrogens (tertiary/aromatic N) is 2. The SMILES string of the molecule is Cc1cc(NC(=O)[C@H](CCN)NC(=O)[C@@H]2Cc3ccccc3CN2C(=O)CCC(=O)N2CCCC2C(F)(F)F)ccc1Cl. The number of hydrogen-bond donors (Lipinski definition) is 3. The smallest absolute Gasteiger partial charge is 0.342 e. The first-order valence-corrected chi connectivity index (χ1v) is 14.6. The Morgan fingerprint density at radius 1 is 1.05 bits per heavy atom. The van der Waals surface area contributed by atoms with Gasteiger partial charge in [-0.05, 0) is 67.6 Å². The molecule has 43 heavy (non-hydrogen) atoms. The monoisotopic (exact) mass is 621 g/mol. The Kier molecular flexibility index (Phi) is 10.3. The molecule has 1 fully saturated rings. The number of carbonyl (C=O) groups is 4. The van der Waals surface area contributed by atoms with Gasteiger partial charge in [0, 0.05) is 43.1 Å². The number of carbonyl (C=O) groups excluding carboxylic acids is 4. The zero-order chi connectivity index (χ0) is 31.3. The second-order valence-electron chi connectivity index (χ2n) is 10.9. The molecule has 1 unspecified atom stereocenters. The van der Waals surface area contributed by atoms with Gasteiger partial charge in [0.15, 0.2) is 0 Å². The van der Waals surface area contributed by atoms with E-state index in [-0.39, 0.29) is 51.7 Å². The van der Waals surface area contributed by atoms with Gasteiger partial charge in [0.2, 0.25) is 23.6 Å². The number of anilines is 1. The van der Waals surface area contributed by atoms with Gasteiger partial charge in [-0.3, -0.25) is 19.2 Å². The van der Waals surface area contributed by atoms with Crippen LogP contribution >= 0.6 is 11.6 Å². The van der Waals surface area contributed by atoms with E-state index in [2.05, 4.69) is 10.6 Å². The lowest BCUT2D eigenvalue weighted by Crippen LogP contribution is -2.56. The van der Waals surface area contributed by atoms with Crippen molar-refractivity contribution >= 4 is 40.9 Å². The van der Waals surface area contributed by atoms with Gasteiger partial charge in [-0.2, -0.15) is 13.2 Å². The third-order valence-corrected chi connectivity index (χ3v) is 8.31. The highest BCUT2D eigenvalue weighted by atomic mass is 35.5. The van der Waals surface area contributed by atoms with Crippen molar-refractivity contribution < 1.29 is 32.3 Å². The van der Waals surface area contributed by atoms with Gasteiger partial charge in [-0.25, -0.2) is 0 Å². The number of amides is 4. The standard InChI is InChI=1S/C30H35ClF3N5O4/c1-18-15-21(8-9-22(18)31)36-28(42)23(12-13-35)37-29(43)24-16-19-5-2-3-6-20(19)17-39(24)27(41)11-10-26(40)38-14-4-7-25(38)30(32,33)34/h2-3,5-6,8-9,15,23-25H,4,7,10-14,16-17,35H2,1H3,(H,36,42)(H,37,43)/t23-,24-,25?/m0/s1. The molecule has 0 radical (unpaired) electrons. The lowest BCUT2D eigenvalue weighted by Gasteiger charge is -2.37. The van der Waals surface area contributed by atoms with E-state index in [4.69, 9.17) is 17.3 Å². The molecule has 2 aliphatic heterocycles. The van der Waals surface area contributed by atoms with Crippen LogP contribution < -0.4 is 16.4 Å². The maximum Gasteiger partial charge on any atom is 0.408 e. The average molecular weight is 622 g/mol. The van der Waals surface area contributed by atoms with Crippen LogP contribution in [0.25, 0.3) is 0 Å². The van der Waals surface area contributed by atoms with Gasteiger partial charge in [0.1, 0.15) is 18.1 Å². The molecule has 2 aliphatic rings. The molecule has 2 aromatic carbocycles. The normalized spacial score (nSPS) is 19.0. The molecule has 4 amide bonds. The van der Waals surface area contributed by atoms with Crippen molar-refractivity contribution in [2.45, 2.75) is 76.3 Å². The summed E-state index contributed by atoms with van der Waals surface area (Å²) < 4.78 is 40.1. The fourth-order valence-corrected chi connectivity index (χ4v) is 5.70. The molecule has 0 aliphatic carbocycles. The van der Waals surface area contributed by atoms with Gasteiger partial charge in [-0.1, -0.05) is 35.9 Å². The number of aryl methyl sites for hydroxylation is 1. The first-order chi connectivity index (χ1) is 20.4. The van der Waals surface area contributed by atoms with E-state index in [0.29, 0.717) is 10.7 Å². The maximum absolute atomic E-state index is 13.6. The Balaban J connectivity index is 1.47. The Morgan fingerprint density at radius 2 is 1.72 bits per heavy atom. The molecule has 4 N–H and O–H groups in total. The topological polar surface area (TPSA) is 125 Å². The largest absolute Gasteiger partial charge is 0.408 e. The highest BCUT2D eigenvalue weighted by Crippen LogP contribution is 2.33. The number of halogens is 4. The van der Waals surface area contributed by atoms with Crippen LogP contribution in [-0.2, 0) is 32.1 Å². The third kappa shape index (κ3) is 7.85. The molecular formula is C30H35ClF3N5O4. The minimum atomic E-state index is -4.53. The summed E-state index contributed by atoms with van der Waals surface area (Å²) in [4.78, 5) is 55.0. The Labute approximate surface area is 252 Å². The van der Waals surface area contributed by atoms with Gasteiger partial charge < -0.3 is 26.2 Å². The fraction of sp³-hybridized carbons (Fsp3) is 0.467. The molecule has 9 nitrogen and oxygen atoms in total. The van der Waals surface area contributed by atoms with Crippen LogP contribution in [0.2, 0.25) is 5.02 Å². The summed E-state index contributed by atoms with van der Waals surface area (Å²) in [6, 6.07) is 8.41. The maximum atomic E-state index is 13.6. The Morgan fingerprint density at radius 3 is 2.37 bits per heavy atom. The average Bonchev–Trinajstić information content (AvgIpc) is 3.48. The molecular weight excluding hydrogens is 587 g/mol. The van der Waals surface area contributed by atoms with Crippen molar-refractivity contribution in [3.8, 4) is 0 Å². The lowest BCUT2D eigenvalue weighted by molar-refractivity contribution is -0.182. The lowest BCUT2D eigenvalue weighted by atomic mass is 9.92. The molecule has 0 spiro atoms. The zero-order valence-corrected chi connectivity index (χ0v) is 24.5. The van der Waals surface area contributed by atoms with E-state index in [0.717, 1.165) is 21.6 Å². The van der Waals surface area contributed by atoms with Gasteiger partial charge in [0.05, 0.1) is 0 Å². The first kappa shape index (κ1) is 32.3. The minimum Gasteiger partial charge on any atom is -0.342 e. The van der Waals surface area contributed by atoms with Crippen LogP contribution in [0.3, 0.4) is 0 Å². The number of nitrogens with one attached hydrogen (secondary N) is 2. The molecule has 2 aromatic rings. The highest BCUT2D eigenvalue weighted by Gasteiger charge is 2.47. The number of rotatable bonds is 9.